The molecule has 1 aromatic heterocycles. The number of hydrogen-bond acceptors (Lipinski definition) is 6. The van der Waals surface area contributed by atoms with E-state index in [0.717, 1.165) is 0 Å². The number of anilines is 2. The van der Waals surface area contributed by atoms with E-state index < -0.39 is 20.9 Å². The molecule has 0 radical (unpaired) electrons. The van der Waals surface area contributed by atoms with Crippen molar-refractivity contribution in [2.45, 2.75) is 10.1 Å². The molecule has 1 heterocycles. The smallest absolute Gasteiger partial charge is 0.209 e. The zero-order valence-electron chi connectivity index (χ0n) is 13.0. The van der Waals surface area contributed by atoms with Crippen LogP contribution in [0, 0.1) is 5.82 Å². The van der Waals surface area contributed by atoms with Crippen molar-refractivity contribution in [2.24, 2.45) is 0 Å². The topological polar surface area (TPSA) is 72.0 Å². The molecule has 2 aromatic carbocycles. The zero-order valence-corrected chi connectivity index (χ0v) is 14.6. The molecule has 1 atom stereocenters. The maximum Gasteiger partial charge on any atom is 0.209 e. The van der Waals surface area contributed by atoms with E-state index in [1.807, 2.05) is 0 Å². The summed E-state index contributed by atoms with van der Waals surface area (Å²) in [5.74, 6) is -0.420. The van der Waals surface area contributed by atoms with Crippen LogP contribution in [0.25, 0.3) is 0 Å². The summed E-state index contributed by atoms with van der Waals surface area (Å²) in [5.41, 5.74) is 2.76. The monoisotopic (exact) mass is 375 g/mol. The van der Waals surface area contributed by atoms with Crippen LogP contribution in [0.15, 0.2) is 71.6 Å². The van der Waals surface area contributed by atoms with E-state index in [4.69, 9.17) is 0 Å². The predicted molar refractivity (Wildman–Crippen MR) is 96.2 cm³/mol. The van der Waals surface area contributed by atoms with E-state index in [1.54, 1.807) is 17.6 Å². The first-order valence-corrected chi connectivity index (χ1v) is 9.68. The fraction of sp³-hybridized carbons (Fsp3) is 0.0588. The van der Waals surface area contributed by atoms with Crippen LogP contribution < -0.4 is 5.32 Å². The number of nitrogens with one attached hydrogen (secondary N) is 1. The van der Waals surface area contributed by atoms with Gasteiger partial charge in [-0.15, -0.1) is 16.8 Å². The Kier molecular flexibility index (Phi) is 4.91. The van der Waals surface area contributed by atoms with Crippen molar-refractivity contribution in [3.8, 4) is 0 Å². The molecule has 8 heteroatoms. The summed E-state index contributed by atoms with van der Waals surface area (Å²) < 4.78 is 38.8. The highest BCUT2D eigenvalue weighted by atomic mass is 32.2. The third kappa shape index (κ3) is 3.75. The Labute approximate surface area is 148 Å². The van der Waals surface area contributed by atoms with E-state index in [9.17, 15) is 12.8 Å². The summed E-state index contributed by atoms with van der Waals surface area (Å²) >= 11 is 1.34. The molecule has 5 nitrogen and oxygen atoms in total. The molecule has 1 N–H and O–H groups in total. The Morgan fingerprint density at radius 3 is 2.36 bits per heavy atom. The van der Waals surface area contributed by atoms with Crippen LogP contribution >= 0.6 is 11.3 Å². The molecule has 0 bridgehead atoms. The van der Waals surface area contributed by atoms with Crippen LogP contribution in [-0.4, -0.2) is 18.6 Å². The normalized spacial score (nSPS) is 12.5. The minimum Gasteiger partial charge on any atom is -0.330 e. The number of hydrogen-bond donors (Lipinski definition) is 1. The number of benzene rings is 2. The van der Waals surface area contributed by atoms with Gasteiger partial charge in [-0.25, -0.2) is 12.8 Å². The van der Waals surface area contributed by atoms with Crippen LogP contribution in [0.4, 0.5) is 15.2 Å². The first kappa shape index (κ1) is 17.2. The number of sulfone groups is 1. The standard InChI is InChI=1S/C17H14FN3O2S2/c1-2-16(12-3-5-13(18)6-4-12)25(22,23)15-9-7-14(8-10-15)20-17-21-19-11-24-17/h2-11,16H,1H2,(H,20,21). The minimum absolute atomic E-state index is 0.157. The van der Waals surface area contributed by atoms with Crippen molar-refractivity contribution in [2.75, 3.05) is 5.32 Å². The Bertz CT molecular complexity index is 954. The second-order valence-corrected chi connectivity index (χ2v) is 8.05. The van der Waals surface area contributed by atoms with E-state index in [-0.39, 0.29) is 4.90 Å². The van der Waals surface area contributed by atoms with Crippen molar-refractivity contribution >= 4 is 32.0 Å². The second-order valence-electron chi connectivity index (χ2n) is 5.15. The summed E-state index contributed by atoms with van der Waals surface area (Å²) in [4.78, 5) is 0.157. The lowest BCUT2D eigenvalue weighted by Crippen LogP contribution is -2.11. The molecule has 0 saturated heterocycles. The van der Waals surface area contributed by atoms with Gasteiger partial charge in [0, 0.05) is 5.69 Å². The van der Waals surface area contributed by atoms with Gasteiger partial charge in [-0.2, -0.15) is 0 Å². The van der Waals surface area contributed by atoms with Crippen LogP contribution in [0.1, 0.15) is 10.8 Å². The summed E-state index contributed by atoms with van der Waals surface area (Å²) in [5, 5.41) is 10.3. The average Bonchev–Trinajstić information content (AvgIpc) is 3.10. The number of aromatic nitrogens is 2. The Balaban J connectivity index is 1.87. The maximum absolute atomic E-state index is 13.1. The SMILES string of the molecule is C=CC(c1ccc(F)cc1)S(=O)(=O)c1ccc(Nc2nncs2)cc1. The van der Waals surface area contributed by atoms with Crippen LogP contribution in [0.5, 0.6) is 0 Å². The molecule has 0 aliphatic rings. The Morgan fingerprint density at radius 2 is 1.80 bits per heavy atom. The molecule has 1 unspecified atom stereocenters. The molecular formula is C17H14FN3O2S2. The minimum atomic E-state index is -3.69. The average molecular weight is 375 g/mol. The molecule has 0 saturated carbocycles. The molecule has 0 fully saturated rings. The van der Waals surface area contributed by atoms with Gasteiger partial charge in [-0.05, 0) is 42.0 Å². The van der Waals surface area contributed by atoms with Crippen LogP contribution in [0.2, 0.25) is 0 Å². The first-order valence-electron chi connectivity index (χ1n) is 7.26. The molecule has 3 aromatic rings. The highest BCUT2D eigenvalue weighted by Crippen LogP contribution is 2.31. The van der Waals surface area contributed by atoms with Crippen molar-refractivity contribution in [3.63, 3.8) is 0 Å². The molecular weight excluding hydrogens is 361 g/mol. The molecule has 0 aliphatic heterocycles. The van der Waals surface area contributed by atoms with E-state index in [1.165, 1.54) is 53.8 Å². The zero-order chi connectivity index (χ0) is 17.9. The van der Waals surface area contributed by atoms with E-state index in [0.29, 0.717) is 16.4 Å². The van der Waals surface area contributed by atoms with Gasteiger partial charge in [-0.1, -0.05) is 29.5 Å². The van der Waals surface area contributed by atoms with Crippen LogP contribution in [-0.2, 0) is 9.84 Å². The van der Waals surface area contributed by atoms with Gasteiger partial charge >= 0.3 is 0 Å². The lowest BCUT2D eigenvalue weighted by atomic mass is 10.1. The Hall–Kier alpha value is -2.58. The molecule has 25 heavy (non-hydrogen) atoms. The van der Waals surface area contributed by atoms with Gasteiger partial charge in [0.05, 0.1) is 4.90 Å². The molecule has 0 amide bonds. The van der Waals surface area contributed by atoms with Crippen LogP contribution in [0.3, 0.4) is 0 Å². The number of rotatable bonds is 6. The fourth-order valence-electron chi connectivity index (χ4n) is 2.32. The summed E-state index contributed by atoms with van der Waals surface area (Å²) in [6.07, 6.45) is 1.34. The van der Waals surface area contributed by atoms with Crippen molar-refractivity contribution in [1.29, 1.82) is 0 Å². The number of halogens is 1. The van der Waals surface area contributed by atoms with Gasteiger partial charge in [0.15, 0.2) is 9.84 Å². The highest BCUT2D eigenvalue weighted by Gasteiger charge is 2.26. The summed E-state index contributed by atoms with van der Waals surface area (Å²) in [6, 6.07) is 11.7. The maximum atomic E-state index is 13.1. The first-order chi connectivity index (χ1) is 12.0. The molecule has 128 valence electrons. The van der Waals surface area contributed by atoms with Crippen molar-refractivity contribution in [3.05, 3.63) is 78.1 Å². The third-order valence-electron chi connectivity index (χ3n) is 3.54. The van der Waals surface area contributed by atoms with Gasteiger partial charge in [0.25, 0.3) is 0 Å². The Morgan fingerprint density at radius 1 is 1.12 bits per heavy atom. The number of nitrogens with zero attached hydrogens (tertiary/aromatic N) is 2. The van der Waals surface area contributed by atoms with E-state index in [2.05, 4.69) is 22.1 Å². The molecule has 0 aliphatic carbocycles. The largest absolute Gasteiger partial charge is 0.330 e. The quantitative estimate of drug-likeness (QED) is 0.656. The predicted octanol–water partition coefficient (Wildman–Crippen LogP) is 4.12. The van der Waals surface area contributed by atoms with Crippen molar-refractivity contribution in [1.82, 2.24) is 10.2 Å². The molecule has 3 rings (SSSR count). The van der Waals surface area contributed by atoms with E-state index >= 15 is 0 Å². The summed E-state index contributed by atoms with van der Waals surface area (Å²) in [7, 11) is -3.69. The van der Waals surface area contributed by atoms with Gasteiger partial charge in [0.2, 0.25) is 5.13 Å². The third-order valence-corrected chi connectivity index (χ3v) is 6.21. The fourth-order valence-corrected chi connectivity index (χ4v) is 4.36. The lowest BCUT2D eigenvalue weighted by Gasteiger charge is -2.15. The second kappa shape index (κ2) is 7.12. The highest BCUT2D eigenvalue weighted by molar-refractivity contribution is 7.91. The summed E-state index contributed by atoms with van der Waals surface area (Å²) in [6.45, 7) is 3.62. The van der Waals surface area contributed by atoms with Gasteiger partial charge in [-0.3, -0.25) is 0 Å². The van der Waals surface area contributed by atoms with Crippen molar-refractivity contribution < 1.29 is 12.8 Å². The van der Waals surface area contributed by atoms with Gasteiger partial charge < -0.3 is 5.32 Å². The van der Waals surface area contributed by atoms with Gasteiger partial charge in [0.1, 0.15) is 16.6 Å². The molecule has 0 spiro atoms. The lowest BCUT2D eigenvalue weighted by molar-refractivity contribution is 0.590.